The summed E-state index contributed by atoms with van der Waals surface area (Å²) >= 11 is 1.68. The maximum atomic E-state index is 12.9. The number of nitrogens with one attached hydrogen (secondary N) is 1. The van der Waals surface area contributed by atoms with Crippen molar-refractivity contribution < 1.29 is 19.1 Å². The van der Waals surface area contributed by atoms with Crippen LogP contribution in [0.2, 0.25) is 0 Å². The molecule has 1 aromatic heterocycles. The maximum absolute atomic E-state index is 12.9. The van der Waals surface area contributed by atoms with E-state index in [0.29, 0.717) is 23.6 Å². The van der Waals surface area contributed by atoms with Crippen molar-refractivity contribution in [2.24, 2.45) is 5.92 Å². The fraction of sp³-hybridized carbons (Fsp3) is 0.500. The molecule has 2 aliphatic rings. The van der Waals surface area contributed by atoms with Gasteiger partial charge in [0.1, 0.15) is 0 Å². The minimum atomic E-state index is -0.0801. The van der Waals surface area contributed by atoms with Crippen molar-refractivity contribution in [2.75, 3.05) is 50.6 Å². The van der Waals surface area contributed by atoms with Crippen LogP contribution in [0.15, 0.2) is 18.2 Å². The Hall–Kier alpha value is -2.81. The average molecular weight is 445 g/mol. The number of anilines is 2. The molecule has 1 saturated heterocycles. The van der Waals surface area contributed by atoms with Crippen molar-refractivity contribution in [3.05, 3.63) is 28.8 Å². The summed E-state index contributed by atoms with van der Waals surface area (Å²) in [7, 11) is 3.16. The van der Waals surface area contributed by atoms with Crippen molar-refractivity contribution in [3.8, 4) is 11.5 Å². The molecule has 2 heterocycles. The molecule has 0 radical (unpaired) electrons. The number of carbonyl (C=O) groups is 2. The van der Waals surface area contributed by atoms with Crippen LogP contribution in [0.1, 0.15) is 23.9 Å². The lowest BCUT2D eigenvalue weighted by Crippen LogP contribution is -2.48. The van der Waals surface area contributed by atoms with E-state index in [4.69, 9.17) is 14.5 Å². The highest BCUT2D eigenvalue weighted by Crippen LogP contribution is 2.35. The Morgan fingerprint density at radius 2 is 1.87 bits per heavy atom. The monoisotopic (exact) mass is 444 g/mol. The molecule has 0 unspecified atom stereocenters. The third-order valence-electron chi connectivity index (χ3n) is 5.95. The highest BCUT2D eigenvalue weighted by molar-refractivity contribution is 7.15. The Morgan fingerprint density at radius 3 is 2.55 bits per heavy atom. The summed E-state index contributed by atoms with van der Waals surface area (Å²) in [5.74, 6) is 1.28. The van der Waals surface area contributed by atoms with Gasteiger partial charge in [-0.2, -0.15) is 0 Å². The van der Waals surface area contributed by atoms with Gasteiger partial charge in [-0.05, 0) is 31.4 Å². The largest absolute Gasteiger partial charge is 0.493 e. The summed E-state index contributed by atoms with van der Waals surface area (Å²) in [6.07, 6.45) is 2.30. The Bertz CT molecular complexity index is 968. The van der Waals surface area contributed by atoms with E-state index in [9.17, 15) is 9.59 Å². The third-order valence-corrected chi connectivity index (χ3v) is 7.13. The lowest BCUT2D eigenvalue weighted by Gasteiger charge is -2.33. The molecule has 31 heavy (non-hydrogen) atoms. The number of hydrogen-bond acceptors (Lipinski definition) is 7. The number of methoxy groups -OCH3 is 2. The Kier molecular flexibility index (Phi) is 6.31. The zero-order chi connectivity index (χ0) is 22.0. The Labute approximate surface area is 186 Å². The molecule has 1 N–H and O–H groups in total. The number of amides is 2. The predicted octanol–water partition coefficient (Wildman–Crippen LogP) is 2.57. The first-order valence-corrected chi connectivity index (χ1v) is 11.3. The van der Waals surface area contributed by atoms with Gasteiger partial charge >= 0.3 is 0 Å². The molecule has 0 bridgehead atoms. The van der Waals surface area contributed by atoms with Gasteiger partial charge in [-0.1, -0.05) is 0 Å². The molecule has 2 amide bonds. The highest BCUT2D eigenvalue weighted by Gasteiger charge is 2.29. The lowest BCUT2D eigenvalue weighted by atomic mass is 9.90. The first-order chi connectivity index (χ1) is 15.0. The summed E-state index contributed by atoms with van der Waals surface area (Å²) in [5, 5.41) is 4.02. The second-order valence-electron chi connectivity index (χ2n) is 7.86. The van der Waals surface area contributed by atoms with Crippen molar-refractivity contribution in [3.63, 3.8) is 0 Å². The van der Waals surface area contributed by atoms with Crippen molar-refractivity contribution >= 4 is 34.0 Å². The molecule has 8 nitrogen and oxygen atoms in total. The number of aromatic nitrogens is 1. The van der Waals surface area contributed by atoms with E-state index < -0.39 is 0 Å². The number of piperazine rings is 1. The van der Waals surface area contributed by atoms with E-state index in [1.54, 1.807) is 44.6 Å². The highest BCUT2D eigenvalue weighted by atomic mass is 32.1. The fourth-order valence-corrected chi connectivity index (χ4v) is 5.33. The smallest absolute Gasteiger partial charge is 0.227 e. The average Bonchev–Trinajstić information content (AvgIpc) is 3.22. The number of nitrogens with zero attached hydrogens (tertiary/aromatic N) is 3. The predicted molar refractivity (Wildman–Crippen MR) is 120 cm³/mol. The minimum Gasteiger partial charge on any atom is -0.493 e. The van der Waals surface area contributed by atoms with E-state index in [1.807, 2.05) is 11.0 Å². The van der Waals surface area contributed by atoms with Crippen LogP contribution in [0, 0.1) is 5.92 Å². The normalized spacial score (nSPS) is 18.4. The fourth-order valence-electron chi connectivity index (χ4n) is 4.09. The van der Waals surface area contributed by atoms with Crippen LogP contribution in [0.25, 0.3) is 0 Å². The first-order valence-electron chi connectivity index (χ1n) is 10.5. The van der Waals surface area contributed by atoms with Gasteiger partial charge in [-0.15, -0.1) is 11.3 Å². The molecule has 9 heteroatoms. The van der Waals surface area contributed by atoms with Gasteiger partial charge in [0.2, 0.25) is 11.8 Å². The van der Waals surface area contributed by atoms with E-state index in [2.05, 4.69) is 10.2 Å². The third kappa shape index (κ3) is 4.61. The van der Waals surface area contributed by atoms with Crippen molar-refractivity contribution in [2.45, 2.75) is 26.2 Å². The molecule has 1 aromatic carbocycles. The Balaban J connectivity index is 1.39. The summed E-state index contributed by atoms with van der Waals surface area (Å²) in [4.78, 5) is 34.6. The van der Waals surface area contributed by atoms with E-state index in [-0.39, 0.29) is 17.7 Å². The second kappa shape index (κ2) is 9.13. The quantitative estimate of drug-likeness (QED) is 0.763. The number of benzene rings is 1. The molecule has 0 spiro atoms. The van der Waals surface area contributed by atoms with Crippen LogP contribution < -0.4 is 19.7 Å². The lowest BCUT2D eigenvalue weighted by molar-refractivity contribution is -0.129. The van der Waals surface area contributed by atoms with Crippen LogP contribution >= 0.6 is 11.3 Å². The van der Waals surface area contributed by atoms with E-state index in [1.165, 1.54) is 4.88 Å². The number of hydrogen-bond donors (Lipinski definition) is 1. The number of ether oxygens (including phenoxy) is 2. The van der Waals surface area contributed by atoms with Crippen LogP contribution in [0.5, 0.6) is 11.5 Å². The summed E-state index contributed by atoms with van der Waals surface area (Å²) in [6, 6.07) is 5.38. The Morgan fingerprint density at radius 1 is 1.13 bits per heavy atom. The van der Waals surface area contributed by atoms with E-state index in [0.717, 1.165) is 49.8 Å². The summed E-state index contributed by atoms with van der Waals surface area (Å²) in [6.45, 7) is 4.68. The SMILES string of the molecule is COc1ccc(NC(=O)[C@@H]2CCc3nc(N4CCN(C(C)=O)CC4)sc3C2)cc1OC. The van der Waals surface area contributed by atoms with Gasteiger partial charge in [0, 0.05) is 55.7 Å². The molecule has 1 aliphatic heterocycles. The number of rotatable bonds is 5. The number of thiazole rings is 1. The van der Waals surface area contributed by atoms with Crippen LogP contribution in [-0.2, 0) is 22.4 Å². The molecule has 1 fully saturated rings. The molecule has 0 saturated carbocycles. The van der Waals surface area contributed by atoms with Gasteiger partial charge in [0.15, 0.2) is 16.6 Å². The molecule has 1 aliphatic carbocycles. The molecular formula is C22H28N4O4S. The van der Waals surface area contributed by atoms with Crippen LogP contribution in [-0.4, -0.2) is 62.1 Å². The number of aryl methyl sites for hydroxylation is 1. The second-order valence-corrected chi connectivity index (χ2v) is 8.92. The molecule has 166 valence electrons. The van der Waals surface area contributed by atoms with Gasteiger partial charge in [0.05, 0.1) is 19.9 Å². The zero-order valence-electron chi connectivity index (χ0n) is 18.1. The zero-order valence-corrected chi connectivity index (χ0v) is 19.0. The summed E-state index contributed by atoms with van der Waals surface area (Å²) in [5.41, 5.74) is 1.81. The molecule has 1 atom stereocenters. The number of carbonyl (C=O) groups excluding carboxylic acids is 2. The topological polar surface area (TPSA) is 84.0 Å². The molecule has 4 rings (SSSR count). The minimum absolute atomic E-state index is 0.0166. The van der Waals surface area contributed by atoms with Crippen molar-refractivity contribution in [1.29, 1.82) is 0 Å². The number of fused-ring (bicyclic) bond motifs is 1. The van der Waals surface area contributed by atoms with Crippen molar-refractivity contribution in [1.82, 2.24) is 9.88 Å². The molecule has 2 aromatic rings. The maximum Gasteiger partial charge on any atom is 0.227 e. The standard InChI is InChI=1S/C22H28N4O4S/c1-14(27)25-8-10-26(11-9-25)22-24-17-6-4-15(12-20(17)31-22)21(28)23-16-5-7-18(29-2)19(13-16)30-3/h5,7,13,15H,4,6,8-12H2,1-3H3,(H,23,28)/t15-/m1/s1. The van der Waals surface area contributed by atoms with Gasteiger partial charge in [-0.3, -0.25) is 9.59 Å². The van der Waals surface area contributed by atoms with Gasteiger partial charge in [-0.25, -0.2) is 4.98 Å². The van der Waals surface area contributed by atoms with Crippen LogP contribution in [0.3, 0.4) is 0 Å². The first kappa shape index (κ1) is 21.4. The van der Waals surface area contributed by atoms with Gasteiger partial charge < -0.3 is 24.6 Å². The van der Waals surface area contributed by atoms with Crippen LogP contribution in [0.4, 0.5) is 10.8 Å². The molecular weight excluding hydrogens is 416 g/mol. The van der Waals surface area contributed by atoms with E-state index >= 15 is 0 Å². The van der Waals surface area contributed by atoms with Gasteiger partial charge in [0.25, 0.3) is 0 Å². The summed E-state index contributed by atoms with van der Waals surface area (Å²) < 4.78 is 10.6.